The number of alkyl carbamates (subject to hydrolysis) is 1. The summed E-state index contributed by atoms with van der Waals surface area (Å²) in [5, 5.41) is 15.4. The minimum Gasteiger partial charge on any atom is -0.444 e. The maximum absolute atomic E-state index is 13.7. The van der Waals surface area contributed by atoms with Crippen LogP contribution in [0.4, 0.5) is 4.79 Å². The standard InChI is InChI=1S/C26H43N3O5/c1-9-11-15-27-23(31)22(20-14-12-13-17(3)19(20)5)29(18(4)10-2)24(32)21(16-30)28-25(33)34-26(6,7)8/h12-14,18,21-22,30H,9-11,15-16H2,1-8H3,(H,27,31)(H,28,33). The summed E-state index contributed by atoms with van der Waals surface area (Å²) >= 11 is 0. The van der Waals surface area contributed by atoms with Gasteiger partial charge in [0.05, 0.1) is 6.61 Å². The van der Waals surface area contributed by atoms with Crippen LogP contribution in [-0.2, 0) is 14.3 Å². The van der Waals surface area contributed by atoms with E-state index < -0.39 is 36.3 Å². The predicted molar refractivity (Wildman–Crippen MR) is 133 cm³/mol. The number of carbonyl (C=O) groups excluding carboxylic acids is 3. The van der Waals surface area contributed by atoms with Gasteiger partial charge in [0.1, 0.15) is 17.7 Å². The molecule has 0 heterocycles. The van der Waals surface area contributed by atoms with Gasteiger partial charge in [-0.05, 0) is 71.1 Å². The van der Waals surface area contributed by atoms with Gasteiger partial charge < -0.3 is 25.4 Å². The number of aliphatic hydroxyl groups excluding tert-OH is 1. The van der Waals surface area contributed by atoms with Crippen molar-refractivity contribution in [2.24, 2.45) is 0 Å². The lowest BCUT2D eigenvalue weighted by Crippen LogP contribution is -2.56. The number of hydrogen-bond donors (Lipinski definition) is 3. The lowest BCUT2D eigenvalue weighted by atomic mass is 9.93. The Labute approximate surface area is 204 Å². The van der Waals surface area contributed by atoms with Gasteiger partial charge in [-0.2, -0.15) is 0 Å². The molecule has 34 heavy (non-hydrogen) atoms. The molecule has 192 valence electrons. The molecule has 0 spiro atoms. The van der Waals surface area contributed by atoms with Crippen LogP contribution in [0.15, 0.2) is 18.2 Å². The molecule has 0 saturated heterocycles. The van der Waals surface area contributed by atoms with Crippen LogP contribution in [0.3, 0.4) is 0 Å². The predicted octanol–water partition coefficient (Wildman–Crippen LogP) is 3.77. The number of unbranched alkanes of at least 4 members (excludes halogenated alkanes) is 1. The van der Waals surface area contributed by atoms with Crippen molar-refractivity contribution >= 4 is 17.9 Å². The molecule has 1 aromatic rings. The van der Waals surface area contributed by atoms with Crippen LogP contribution in [0.25, 0.3) is 0 Å². The fourth-order valence-electron chi connectivity index (χ4n) is 3.58. The third kappa shape index (κ3) is 8.31. The van der Waals surface area contributed by atoms with Crippen molar-refractivity contribution in [2.45, 2.75) is 98.4 Å². The Morgan fingerprint density at radius 2 is 1.79 bits per heavy atom. The smallest absolute Gasteiger partial charge is 0.408 e. The van der Waals surface area contributed by atoms with Crippen LogP contribution in [-0.4, -0.2) is 58.8 Å². The van der Waals surface area contributed by atoms with Gasteiger partial charge in [-0.3, -0.25) is 9.59 Å². The Morgan fingerprint density at radius 1 is 1.15 bits per heavy atom. The lowest BCUT2D eigenvalue weighted by Gasteiger charge is -2.38. The Morgan fingerprint density at radius 3 is 2.32 bits per heavy atom. The first kappa shape index (κ1) is 29.4. The molecule has 1 aromatic carbocycles. The van der Waals surface area contributed by atoms with Crippen molar-refractivity contribution in [3.8, 4) is 0 Å². The monoisotopic (exact) mass is 477 g/mol. The molecule has 3 atom stereocenters. The van der Waals surface area contributed by atoms with Crippen LogP contribution in [0.2, 0.25) is 0 Å². The largest absolute Gasteiger partial charge is 0.444 e. The second-order valence-electron chi connectivity index (χ2n) is 9.72. The number of carbonyl (C=O) groups is 3. The molecule has 3 N–H and O–H groups in total. The molecule has 0 aliphatic carbocycles. The van der Waals surface area contributed by atoms with E-state index in [0.29, 0.717) is 13.0 Å². The van der Waals surface area contributed by atoms with E-state index in [9.17, 15) is 19.5 Å². The zero-order chi connectivity index (χ0) is 26.1. The fourth-order valence-corrected chi connectivity index (χ4v) is 3.58. The topological polar surface area (TPSA) is 108 Å². The zero-order valence-corrected chi connectivity index (χ0v) is 22.0. The second-order valence-corrected chi connectivity index (χ2v) is 9.72. The molecular weight excluding hydrogens is 434 g/mol. The summed E-state index contributed by atoms with van der Waals surface area (Å²) in [4.78, 5) is 41.1. The summed E-state index contributed by atoms with van der Waals surface area (Å²) in [5.74, 6) is -0.830. The molecule has 0 aromatic heterocycles. The summed E-state index contributed by atoms with van der Waals surface area (Å²) in [6.07, 6.45) is 1.52. The van der Waals surface area contributed by atoms with Gasteiger partial charge in [-0.15, -0.1) is 0 Å². The van der Waals surface area contributed by atoms with Crippen molar-refractivity contribution in [3.05, 3.63) is 34.9 Å². The number of hydrogen-bond acceptors (Lipinski definition) is 5. The van der Waals surface area contributed by atoms with Crippen molar-refractivity contribution < 1.29 is 24.2 Å². The third-order valence-electron chi connectivity index (χ3n) is 5.79. The third-order valence-corrected chi connectivity index (χ3v) is 5.79. The quantitative estimate of drug-likeness (QED) is 0.421. The highest BCUT2D eigenvalue weighted by molar-refractivity contribution is 5.92. The van der Waals surface area contributed by atoms with Gasteiger partial charge >= 0.3 is 6.09 Å². The van der Waals surface area contributed by atoms with E-state index in [-0.39, 0.29) is 11.9 Å². The highest BCUT2D eigenvalue weighted by Crippen LogP contribution is 2.29. The SMILES string of the molecule is CCCCNC(=O)C(c1cccc(C)c1C)N(C(=O)C(CO)NC(=O)OC(C)(C)C)C(C)CC. The van der Waals surface area contributed by atoms with E-state index in [2.05, 4.69) is 10.6 Å². The van der Waals surface area contributed by atoms with Gasteiger partial charge in [0.15, 0.2) is 0 Å². The van der Waals surface area contributed by atoms with Crippen LogP contribution in [0.1, 0.15) is 83.5 Å². The van der Waals surface area contributed by atoms with Crippen molar-refractivity contribution in [2.75, 3.05) is 13.2 Å². The van der Waals surface area contributed by atoms with Crippen molar-refractivity contribution in [1.82, 2.24) is 15.5 Å². The van der Waals surface area contributed by atoms with E-state index in [1.165, 1.54) is 4.90 Å². The minimum atomic E-state index is -1.25. The average molecular weight is 478 g/mol. The first-order valence-electron chi connectivity index (χ1n) is 12.1. The summed E-state index contributed by atoms with van der Waals surface area (Å²) < 4.78 is 5.27. The summed E-state index contributed by atoms with van der Waals surface area (Å²) in [5.41, 5.74) is 1.88. The number of rotatable bonds is 11. The molecule has 0 aliphatic rings. The van der Waals surface area contributed by atoms with E-state index in [4.69, 9.17) is 4.74 Å². The fraction of sp³-hybridized carbons (Fsp3) is 0.654. The van der Waals surface area contributed by atoms with Crippen LogP contribution >= 0.6 is 0 Å². The number of nitrogens with one attached hydrogen (secondary N) is 2. The molecule has 0 saturated carbocycles. The van der Waals surface area contributed by atoms with Crippen molar-refractivity contribution in [1.29, 1.82) is 0 Å². The molecule has 0 bridgehead atoms. The van der Waals surface area contributed by atoms with E-state index >= 15 is 0 Å². The molecule has 1 rings (SSSR count). The zero-order valence-electron chi connectivity index (χ0n) is 22.0. The Bertz CT molecular complexity index is 834. The number of aryl methyl sites for hydroxylation is 1. The number of amides is 3. The highest BCUT2D eigenvalue weighted by Gasteiger charge is 2.38. The molecule has 3 amide bonds. The van der Waals surface area contributed by atoms with Gasteiger partial charge in [-0.25, -0.2) is 4.79 Å². The van der Waals surface area contributed by atoms with Crippen LogP contribution in [0.5, 0.6) is 0 Å². The number of benzene rings is 1. The minimum absolute atomic E-state index is 0.287. The molecule has 0 radical (unpaired) electrons. The molecule has 8 heteroatoms. The van der Waals surface area contributed by atoms with Gasteiger partial charge in [0, 0.05) is 12.6 Å². The summed E-state index contributed by atoms with van der Waals surface area (Å²) in [6.45, 7) is 14.7. The Balaban J connectivity index is 3.46. The maximum Gasteiger partial charge on any atom is 0.408 e. The molecule has 0 aliphatic heterocycles. The lowest BCUT2D eigenvalue weighted by molar-refractivity contribution is -0.145. The number of aliphatic hydroxyl groups is 1. The second kappa shape index (κ2) is 13.3. The van der Waals surface area contributed by atoms with Gasteiger partial charge in [0.2, 0.25) is 11.8 Å². The first-order valence-corrected chi connectivity index (χ1v) is 12.1. The summed E-state index contributed by atoms with van der Waals surface area (Å²) in [7, 11) is 0. The van der Waals surface area contributed by atoms with E-state index in [1.807, 2.05) is 52.8 Å². The van der Waals surface area contributed by atoms with Crippen LogP contribution < -0.4 is 10.6 Å². The van der Waals surface area contributed by atoms with E-state index in [0.717, 1.165) is 29.5 Å². The first-order chi connectivity index (χ1) is 15.9. The van der Waals surface area contributed by atoms with Gasteiger partial charge in [-0.1, -0.05) is 38.5 Å². The molecule has 0 fully saturated rings. The highest BCUT2D eigenvalue weighted by atomic mass is 16.6. The molecule has 8 nitrogen and oxygen atoms in total. The Kier molecular flexibility index (Phi) is 11.5. The normalized spacial score (nSPS) is 14.0. The maximum atomic E-state index is 13.7. The molecule has 3 unspecified atom stereocenters. The Hall–Kier alpha value is -2.61. The average Bonchev–Trinajstić information content (AvgIpc) is 2.76. The number of ether oxygens (including phenoxy) is 1. The summed E-state index contributed by atoms with van der Waals surface area (Å²) in [6, 6.07) is 3.19. The van der Waals surface area contributed by atoms with Gasteiger partial charge in [0.25, 0.3) is 0 Å². The number of nitrogens with zero attached hydrogens (tertiary/aromatic N) is 1. The van der Waals surface area contributed by atoms with Crippen molar-refractivity contribution in [3.63, 3.8) is 0 Å². The van der Waals surface area contributed by atoms with Crippen LogP contribution in [0, 0.1) is 13.8 Å². The molecular formula is C26H43N3O5. The van der Waals surface area contributed by atoms with E-state index in [1.54, 1.807) is 20.8 Å².